The number of hydrogen-bond donors (Lipinski definition) is 1. The molecule has 0 amide bonds. The Bertz CT molecular complexity index is 479. The Morgan fingerprint density at radius 3 is 2.67 bits per heavy atom. The lowest BCUT2D eigenvalue weighted by atomic mass is 9.85. The molecule has 1 aromatic carbocycles. The monoisotopic (exact) mass is 315 g/mol. The maximum Gasteiger partial charge on any atom is 0.127 e. The lowest BCUT2D eigenvalue weighted by molar-refractivity contribution is -0.0716. The zero-order valence-corrected chi connectivity index (χ0v) is 13.4. The average Bonchev–Trinajstić information content (AvgIpc) is 2.50. The Morgan fingerprint density at radius 1 is 1.43 bits per heavy atom. The average molecular weight is 316 g/mol. The highest BCUT2D eigenvalue weighted by atomic mass is 35.5. The predicted octanol–water partition coefficient (Wildman–Crippen LogP) is 2.88. The van der Waals surface area contributed by atoms with Gasteiger partial charge in [0.05, 0.1) is 19.3 Å². The van der Waals surface area contributed by atoms with Gasteiger partial charge in [0.25, 0.3) is 0 Å². The molecule has 118 valence electrons. The van der Waals surface area contributed by atoms with Crippen molar-refractivity contribution in [1.82, 2.24) is 4.90 Å². The molecule has 5 heteroatoms. The third-order valence-electron chi connectivity index (χ3n) is 4.60. The number of rotatable bonds is 5. The molecule has 1 aromatic rings. The highest BCUT2D eigenvalue weighted by molar-refractivity contribution is 6.30. The molecule has 3 nitrogen and oxygen atoms in total. The third-order valence-corrected chi connectivity index (χ3v) is 4.83. The van der Waals surface area contributed by atoms with E-state index in [9.17, 15) is 9.50 Å². The van der Waals surface area contributed by atoms with Crippen molar-refractivity contribution in [2.45, 2.75) is 38.3 Å². The summed E-state index contributed by atoms with van der Waals surface area (Å²) >= 11 is 5.77. The second kappa shape index (κ2) is 7.05. The van der Waals surface area contributed by atoms with Crippen molar-refractivity contribution in [3.05, 3.63) is 34.6 Å². The third kappa shape index (κ3) is 3.75. The molecular weight excluding hydrogens is 293 g/mol. The number of ether oxygens (including phenoxy) is 1. The summed E-state index contributed by atoms with van der Waals surface area (Å²) in [5.41, 5.74) is 0.121. The van der Waals surface area contributed by atoms with Crippen molar-refractivity contribution in [2.24, 2.45) is 0 Å². The molecule has 0 spiro atoms. The fourth-order valence-corrected chi connectivity index (χ4v) is 3.02. The molecular formula is C16H23ClFNO2. The van der Waals surface area contributed by atoms with Crippen LogP contribution >= 0.6 is 11.6 Å². The second-order valence-corrected chi connectivity index (χ2v) is 6.20. The molecule has 1 fully saturated rings. The van der Waals surface area contributed by atoms with E-state index in [0.717, 1.165) is 19.5 Å². The van der Waals surface area contributed by atoms with Crippen molar-refractivity contribution in [1.29, 1.82) is 0 Å². The van der Waals surface area contributed by atoms with Gasteiger partial charge >= 0.3 is 0 Å². The van der Waals surface area contributed by atoms with Gasteiger partial charge in [0, 0.05) is 30.1 Å². The fourth-order valence-electron chi connectivity index (χ4n) is 2.86. The SMILES string of the molecule is CCC(C)(C(O)Cc1ccc(Cl)cc1F)N1CCOCC1. The minimum Gasteiger partial charge on any atom is -0.391 e. The number of aliphatic hydroxyl groups excluding tert-OH is 1. The summed E-state index contributed by atoms with van der Waals surface area (Å²) in [5, 5.41) is 11.1. The Kier molecular flexibility index (Phi) is 5.60. The molecule has 1 N–H and O–H groups in total. The van der Waals surface area contributed by atoms with E-state index in [1.807, 2.05) is 6.92 Å². The zero-order chi connectivity index (χ0) is 15.5. The van der Waals surface area contributed by atoms with Gasteiger partial charge in [-0.05, 0) is 31.0 Å². The first-order valence-corrected chi connectivity index (χ1v) is 7.80. The fraction of sp³-hybridized carbons (Fsp3) is 0.625. The number of morpholine rings is 1. The summed E-state index contributed by atoms with van der Waals surface area (Å²) in [4.78, 5) is 2.25. The molecule has 2 atom stereocenters. The number of nitrogens with zero attached hydrogens (tertiary/aromatic N) is 1. The Labute approximate surface area is 130 Å². The van der Waals surface area contributed by atoms with Crippen LogP contribution in [0, 0.1) is 5.82 Å². The standard InChI is InChI=1S/C16H23ClFNO2/c1-3-16(2,19-6-8-21-9-7-19)15(20)10-12-4-5-13(17)11-14(12)18/h4-5,11,15,20H,3,6-10H2,1-2H3. The Hall–Kier alpha value is -0.680. The van der Waals surface area contributed by atoms with Gasteiger partial charge in [-0.15, -0.1) is 0 Å². The van der Waals surface area contributed by atoms with Crippen LogP contribution in [0.25, 0.3) is 0 Å². The highest BCUT2D eigenvalue weighted by Crippen LogP contribution is 2.28. The van der Waals surface area contributed by atoms with Crippen LogP contribution in [0.1, 0.15) is 25.8 Å². The molecule has 1 saturated heterocycles. The van der Waals surface area contributed by atoms with Gasteiger partial charge in [-0.3, -0.25) is 4.90 Å². The van der Waals surface area contributed by atoms with Crippen LogP contribution in [0.15, 0.2) is 18.2 Å². The van der Waals surface area contributed by atoms with Crippen LogP contribution in [0.3, 0.4) is 0 Å². The molecule has 1 aliphatic rings. The summed E-state index contributed by atoms with van der Waals surface area (Å²) in [6.07, 6.45) is 0.435. The van der Waals surface area contributed by atoms with Gasteiger partial charge in [-0.25, -0.2) is 4.39 Å². The van der Waals surface area contributed by atoms with E-state index in [0.29, 0.717) is 23.8 Å². The number of benzene rings is 1. The van der Waals surface area contributed by atoms with Crippen LogP contribution < -0.4 is 0 Å². The van der Waals surface area contributed by atoms with Crippen molar-refractivity contribution in [2.75, 3.05) is 26.3 Å². The maximum absolute atomic E-state index is 13.9. The second-order valence-electron chi connectivity index (χ2n) is 5.77. The smallest absolute Gasteiger partial charge is 0.127 e. The summed E-state index contributed by atoms with van der Waals surface area (Å²) < 4.78 is 19.3. The van der Waals surface area contributed by atoms with Gasteiger partial charge in [-0.2, -0.15) is 0 Å². The molecule has 1 heterocycles. The first kappa shape index (κ1) is 16.7. The lowest BCUT2D eigenvalue weighted by Crippen LogP contribution is -2.58. The zero-order valence-electron chi connectivity index (χ0n) is 12.6. The van der Waals surface area contributed by atoms with Gasteiger partial charge in [-0.1, -0.05) is 24.6 Å². The topological polar surface area (TPSA) is 32.7 Å². The summed E-state index contributed by atoms with van der Waals surface area (Å²) in [6.45, 7) is 7.04. The van der Waals surface area contributed by atoms with Crippen molar-refractivity contribution < 1.29 is 14.2 Å². The minimum atomic E-state index is -0.642. The lowest BCUT2D eigenvalue weighted by Gasteiger charge is -2.46. The highest BCUT2D eigenvalue weighted by Gasteiger charge is 2.38. The number of aliphatic hydroxyl groups is 1. The van der Waals surface area contributed by atoms with E-state index in [2.05, 4.69) is 11.8 Å². The molecule has 21 heavy (non-hydrogen) atoms. The van der Waals surface area contributed by atoms with Gasteiger partial charge < -0.3 is 9.84 Å². The van der Waals surface area contributed by atoms with Gasteiger partial charge in [0.1, 0.15) is 5.82 Å². The van der Waals surface area contributed by atoms with E-state index in [1.165, 1.54) is 6.07 Å². The first-order valence-electron chi connectivity index (χ1n) is 7.42. The van der Waals surface area contributed by atoms with E-state index < -0.39 is 6.10 Å². The first-order chi connectivity index (χ1) is 9.97. The van der Waals surface area contributed by atoms with E-state index in [1.54, 1.807) is 12.1 Å². The quantitative estimate of drug-likeness (QED) is 0.907. The number of hydrogen-bond acceptors (Lipinski definition) is 3. The van der Waals surface area contributed by atoms with Crippen molar-refractivity contribution in [3.63, 3.8) is 0 Å². The van der Waals surface area contributed by atoms with Crippen LogP contribution in [-0.2, 0) is 11.2 Å². The maximum atomic E-state index is 13.9. The number of halogens is 2. The molecule has 0 saturated carbocycles. The summed E-state index contributed by atoms with van der Waals surface area (Å²) in [6, 6.07) is 4.60. The van der Waals surface area contributed by atoms with E-state index in [4.69, 9.17) is 16.3 Å². The van der Waals surface area contributed by atoms with Crippen LogP contribution in [0.2, 0.25) is 5.02 Å². The molecule has 0 radical (unpaired) electrons. The van der Waals surface area contributed by atoms with Crippen molar-refractivity contribution >= 4 is 11.6 Å². The molecule has 2 unspecified atom stereocenters. The van der Waals surface area contributed by atoms with Crippen LogP contribution in [-0.4, -0.2) is 48.0 Å². The van der Waals surface area contributed by atoms with E-state index >= 15 is 0 Å². The van der Waals surface area contributed by atoms with Crippen LogP contribution in [0.5, 0.6) is 0 Å². The molecule has 0 aromatic heterocycles. The van der Waals surface area contributed by atoms with Gasteiger partial charge in [0.15, 0.2) is 0 Å². The molecule has 0 aliphatic carbocycles. The molecule has 2 rings (SSSR count). The van der Waals surface area contributed by atoms with Crippen molar-refractivity contribution in [3.8, 4) is 0 Å². The van der Waals surface area contributed by atoms with Gasteiger partial charge in [0.2, 0.25) is 0 Å². The normalized spacial score (nSPS) is 21.0. The van der Waals surface area contributed by atoms with Crippen LogP contribution in [0.4, 0.5) is 4.39 Å². The largest absolute Gasteiger partial charge is 0.391 e. The van der Waals surface area contributed by atoms with E-state index in [-0.39, 0.29) is 17.8 Å². The minimum absolute atomic E-state index is 0.282. The molecule has 1 aliphatic heterocycles. The summed E-state index contributed by atoms with van der Waals surface area (Å²) in [5.74, 6) is -0.359. The Morgan fingerprint density at radius 2 is 2.10 bits per heavy atom. The predicted molar refractivity (Wildman–Crippen MR) is 82.2 cm³/mol. The summed E-state index contributed by atoms with van der Waals surface area (Å²) in [7, 11) is 0. The Balaban J connectivity index is 2.13. The molecule has 0 bridgehead atoms.